The van der Waals surface area contributed by atoms with E-state index in [1.807, 2.05) is 6.08 Å². The maximum atomic E-state index is 11.9. The van der Waals surface area contributed by atoms with Gasteiger partial charge in [0.15, 0.2) is 5.78 Å². The molecule has 1 saturated heterocycles. The molecule has 2 nitrogen and oxygen atoms in total. The van der Waals surface area contributed by atoms with Crippen molar-refractivity contribution in [2.75, 3.05) is 13.6 Å². The van der Waals surface area contributed by atoms with Gasteiger partial charge in [-0.25, -0.2) is 0 Å². The molecule has 1 aliphatic heterocycles. The number of fused-ring (bicyclic) bond motifs is 5. The monoisotopic (exact) mass is 301 g/mol. The number of hydrogen-bond acceptors (Lipinski definition) is 2. The molecular formula is C20H31NO. The summed E-state index contributed by atoms with van der Waals surface area (Å²) in [6.45, 7) is 8.65. The third kappa shape index (κ3) is 1.88. The second kappa shape index (κ2) is 4.61. The molecule has 0 aromatic rings. The van der Waals surface area contributed by atoms with Crippen LogP contribution in [0.5, 0.6) is 0 Å². The molecule has 0 radical (unpaired) electrons. The minimum atomic E-state index is 0.249. The lowest BCUT2D eigenvalue weighted by Crippen LogP contribution is -2.56. The molecule has 0 amide bonds. The fourth-order valence-corrected chi connectivity index (χ4v) is 6.99. The lowest BCUT2D eigenvalue weighted by molar-refractivity contribution is -0.118. The fraction of sp³-hybridized carbons (Fsp3) is 0.850. The number of hydrogen-bond donors (Lipinski definition) is 0. The van der Waals surface area contributed by atoms with Gasteiger partial charge in [-0.2, -0.15) is 0 Å². The van der Waals surface area contributed by atoms with E-state index in [1.165, 1.54) is 37.9 Å². The molecule has 2 saturated carbocycles. The van der Waals surface area contributed by atoms with Gasteiger partial charge in [-0.15, -0.1) is 0 Å². The molecule has 0 aromatic heterocycles. The van der Waals surface area contributed by atoms with E-state index in [0.717, 1.165) is 36.5 Å². The first-order valence-corrected chi connectivity index (χ1v) is 9.30. The quantitative estimate of drug-likeness (QED) is 0.666. The van der Waals surface area contributed by atoms with Gasteiger partial charge in [0.1, 0.15) is 0 Å². The highest BCUT2D eigenvalue weighted by Gasteiger charge is 2.58. The first-order valence-electron chi connectivity index (χ1n) is 9.30. The number of allylic oxidation sites excluding steroid dienone is 2. The summed E-state index contributed by atoms with van der Waals surface area (Å²) in [6.07, 6.45) is 9.45. The molecule has 0 aromatic carbocycles. The number of carbonyl (C=O) groups is 1. The van der Waals surface area contributed by atoms with Crippen LogP contribution in [0.2, 0.25) is 0 Å². The lowest BCUT2D eigenvalue weighted by Gasteiger charge is -2.59. The van der Waals surface area contributed by atoms with Crippen LogP contribution in [0.15, 0.2) is 11.8 Å². The Labute approximate surface area is 135 Å². The van der Waals surface area contributed by atoms with Crippen LogP contribution in [0, 0.1) is 34.5 Å². The summed E-state index contributed by atoms with van der Waals surface area (Å²) in [6, 6.07) is 0. The zero-order chi connectivity index (χ0) is 15.7. The molecule has 22 heavy (non-hydrogen) atoms. The summed E-state index contributed by atoms with van der Waals surface area (Å²) in [5, 5.41) is 0. The topological polar surface area (TPSA) is 20.3 Å². The van der Waals surface area contributed by atoms with Crippen LogP contribution in [-0.4, -0.2) is 24.3 Å². The van der Waals surface area contributed by atoms with Crippen molar-refractivity contribution < 1.29 is 4.79 Å². The van der Waals surface area contributed by atoms with E-state index in [2.05, 4.69) is 32.7 Å². The van der Waals surface area contributed by atoms with Crippen molar-refractivity contribution >= 4 is 5.78 Å². The molecule has 3 aliphatic carbocycles. The van der Waals surface area contributed by atoms with Crippen LogP contribution in [0.25, 0.3) is 0 Å². The molecule has 0 spiro atoms. The Morgan fingerprint density at radius 1 is 1.23 bits per heavy atom. The Morgan fingerprint density at radius 3 is 2.77 bits per heavy atom. The van der Waals surface area contributed by atoms with Crippen molar-refractivity contribution in [3.63, 3.8) is 0 Å². The van der Waals surface area contributed by atoms with E-state index in [1.54, 1.807) is 0 Å². The van der Waals surface area contributed by atoms with Crippen LogP contribution in [0.3, 0.4) is 0 Å². The summed E-state index contributed by atoms with van der Waals surface area (Å²) >= 11 is 0. The van der Waals surface area contributed by atoms with E-state index < -0.39 is 0 Å². The first kappa shape index (κ1) is 14.8. The maximum Gasteiger partial charge on any atom is 0.157 e. The Morgan fingerprint density at radius 2 is 2.00 bits per heavy atom. The van der Waals surface area contributed by atoms with Gasteiger partial charge in [0, 0.05) is 37.2 Å². The Balaban J connectivity index is 1.72. The molecule has 1 heterocycles. The predicted octanol–water partition coefficient (Wildman–Crippen LogP) is 4.26. The van der Waals surface area contributed by atoms with Crippen molar-refractivity contribution in [1.29, 1.82) is 0 Å². The molecular weight excluding hydrogens is 270 g/mol. The zero-order valence-electron chi connectivity index (χ0n) is 14.7. The maximum absolute atomic E-state index is 11.9. The highest BCUT2D eigenvalue weighted by atomic mass is 16.1. The standard InChI is InChI=1S/C20H31NO/c1-13-9-17-15-12-21(4)18-10-14(22)5-8-20(18,3)16(15)6-7-19(17,2)11-13/h10,13,15-17H,5-9,11-12H2,1-4H3. The van der Waals surface area contributed by atoms with E-state index in [0.29, 0.717) is 11.2 Å². The van der Waals surface area contributed by atoms with Crippen LogP contribution >= 0.6 is 0 Å². The van der Waals surface area contributed by atoms with Gasteiger partial charge in [-0.1, -0.05) is 20.8 Å². The molecule has 3 fully saturated rings. The van der Waals surface area contributed by atoms with Gasteiger partial charge in [0.25, 0.3) is 0 Å². The van der Waals surface area contributed by atoms with Crippen molar-refractivity contribution in [2.24, 2.45) is 34.5 Å². The number of piperidine rings is 1. The SMILES string of the molecule is CC1CC2C3CN(C)C4=CC(=O)CCC4(C)C3CCC2(C)C1. The van der Waals surface area contributed by atoms with Crippen LogP contribution in [-0.2, 0) is 4.79 Å². The molecule has 6 unspecified atom stereocenters. The summed E-state index contributed by atoms with van der Waals surface area (Å²) in [5.74, 6) is 3.78. The Bertz CT molecular complexity index is 538. The van der Waals surface area contributed by atoms with Crippen LogP contribution in [0.1, 0.15) is 59.3 Å². The van der Waals surface area contributed by atoms with Gasteiger partial charge in [0.05, 0.1) is 0 Å². The van der Waals surface area contributed by atoms with Crippen LogP contribution in [0.4, 0.5) is 0 Å². The van der Waals surface area contributed by atoms with Crippen molar-refractivity contribution in [3.8, 4) is 0 Å². The van der Waals surface area contributed by atoms with Gasteiger partial charge in [0.2, 0.25) is 0 Å². The minimum Gasteiger partial charge on any atom is -0.377 e. The summed E-state index contributed by atoms with van der Waals surface area (Å²) in [7, 11) is 2.23. The van der Waals surface area contributed by atoms with Crippen LogP contribution < -0.4 is 0 Å². The molecule has 4 rings (SSSR count). The largest absolute Gasteiger partial charge is 0.377 e. The highest BCUT2D eigenvalue weighted by molar-refractivity contribution is 5.91. The Hall–Kier alpha value is -0.790. The van der Waals surface area contributed by atoms with Crippen molar-refractivity contribution in [2.45, 2.75) is 59.3 Å². The highest BCUT2D eigenvalue weighted by Crippen LogP contribution is 2.64. The van der Waals surface area contributed by atoms with Crippen molar-refractivity contribution in [1.82, 2.24) is 4.90 Å². The molecule has 6 atom stereocenters. The average molecular weight is 301 g/mol. The van der Waals surface area contributed by atoms with Gasteiger partial charge < -0.3 is 4.90 Å². The average Bonchev–Trinajstić information content (AvgIpc) is 2.76. The third-order valence-corrected chi connectivity index (χ3v) is 7.91. The number of ketones is 1. The molecule has 0 N–H and O–H groups in total. The number of rotatable bonds is 0. The second-order valence-electron chi connectivity index (χ2n) is 9.41. The van der Waals surface area contributed by atoms with E-state index in [9.17, 15) is 4.79 Å². The molecule has 0 bridgehead atoms. The summed E-state index contributed by atoms with van der Waals surface area (Å²) < 4.78 is 0. The molecule has 122 valence electrons. The summed E-state index contributed by atoms with van der Waals surface area (Å²) in [5.41, 5.74) is 2.18. The minimum absolute atomic E-state index is 0.249. The smallest absolute Gasteiger partial charge is 0.157 e. The molecule has 4 aliphatic rings. The number of nitrogens with zero attached hydrogens (tertiary/aromatic N) is 1. The van der Waals surface area contributed by atoms with Gasteiger partial charge >= 0.3 is 0 Å². The fourth-order valence-electron chi connectivity index (χ4n) is 6.99. The molecule has 2 heteroatoms. The van der Waals surface area contributed by atoms with E-state index in [4.69, 9.17) is 0 Å². The van der Waals surface area contributed by atoms with Gasteiger partial charge in [-0.3, -0.25) is 4.79 Å². The zero-order valence-corrected chi connectivity index (χ0v) is 14.7. The summed E-state index contributed by atoms with van der Waals surface area (Å²) in [4.78, 5) is 14.4. The predicted molar refractivity (Wildman–Crippen MR) is 89.3 cm³/mol. The number of carbonyl (C=O) groups excluding carboxylic acids is 1. The second-order valence-corrected chi connectivity index (χ2v) is 9.41. The van der Waals surface area contributed by atoms with Crippen molar-refractivity contribution in [3.05, 3.63) is 11.8 Å². The third-order valence-electron chi connectivity index (χ3n) is 7.91. The normalized spacial score (nSPS) is 51.0. The Kier molecular flexibility index (Phi) is 3.10. The lowest BCUT2D eigenvalue weighted by atomic mass is 9.50. The number of likely N-dealkylation sites (tertiary alicyclic amines) is 1. The van der Waals surface area contributed by atoms with E-state index in [-0.39, 0.29) is 5.41 Å². The van der Waals surface area contributed by atoms with Gasteiger partial charge in [-0.05, 0) is 61.2 Å². The first-order chi connectivity index (χ1) is 10.3. The van der Waals surface area contributed by atoms with E-state index >= 15 is 0 Å².